The first-order chi connectivity index (χ1) is 4.85. The quantitative estimate of drug-likeness (QED) is 0.414. The monoisotopic (exact) mass is 146 g/mol. The van der Waals surface area contributed by atoms with Crippen molar-refractivity contribution < 1.29 is 14.3 Å². The molecule has 3 nitrogen and oxygen atoms in total. The minimum atomic E-state index is -0.350. The van der Waals surface area contributed by atoms with Gasteiger partial charge >= 0.3 is 0 Å². The third kappa shape index (κ3) is 4.47. The summed E-state index contributed by atoms with van der Waals surface area (Å²) in [5.41, 5.74) is 0. The molecular weight excluding hydrogens is 132 g/mol. The molecule has 0 aromatic heterocycles. The van der Waals surface area contributed by atoms with Crippen LogP contribution in [0.3, 0.4) is 0 Å². The average Bonchev–Trinajstić information content (AvgIpc) is 1.98. The first-order valence-electron chi connectivity index (χ1n) is 3.43. The van der Waals surface area contributed by atoms with Gasteiger partial charge in [-0.25, -0.2) is 0 Å². The van der Waals surface area contributed by atoms with Crippen LogP contribution in [0.1, 0.15) is 19.8 Å². The minimum absolute atomic E-state index is 0.316. The lowest BCUT2D eigenvalue weighted by atomic mass is 10.4. The van der Waals surface area contributed by atoms with Crippen molar-refractivity contribution in [3.8, 4) is 0 Å². The van der Waals surface area contributed by atoms with Gasteiger partial charge in [-0.3, -0.25) is 0 Å². The second kappa shape index (κ2) is 6.71. The van der Waals surface area contributed by atoms with E-state index < -0.39 is 0 Å². The van der Waals surface area contributed by atoms with Gasteiger partial charge in [0.15, 0.2) is 6.29 Å². The molecule has 3 heteroatoms. The number of hydrogen-bond donors (Lipinski definition) is 0. The van der Waals surface area contributed by atoms with E-state index in [9.17, 15) is 4.79 Å². The molecule has 0 aromatic carbocycles. The van der Waals surface area contributed by atoms with E-state index in [1.165, 1.54) is 7.11 Å². The Morgan fingerprint density at radius 2 is 2.30 bits per heavy atom. The van der Waals surface area contributed by atoms with Crippen LogP contribution in [0.2, 0.25) is 0 Å². The molecule has 0 saturated heterocycles. The molecule has 0 aromatic rings. The molecule has 0 N–H and O–H groups in total. The fourth-order valence-electron chi connectivity index (χ4n) is 0.560. The second-order valence-corrected chi connectivity index (χ2v) is 1.94. The van der Waals surface area contributed by atoms with Crippen LogP contribution in [0.25, 0.3) is 0 Å². The highest BCUT2D eigenvalue weighted by atomic mass is 16.7. The molecule has 0 rings (SSSR count). The van der Waals surface area contributed by atoms with Gasteiger partial charge in [0.2, 0.25) is 0 Å². The molecule has 0 bridgehead atoms. The van der Waals surface area contributed by atoms with Crippen molar-refractivity contribution in [2.24, 2.45) is 0 Å². The highest BCUT2D eigenvalue weighted by Crippen LogP contribution is 1.97. The lowest BCUT2D eigenvalue weighted by molar-refractivity contribution is -0.137. The van der Waals surface area contributed by atoms with E-state index in [-0.39, 0.29) is 6.29 Å². The van der Waals surface area contributed by atoms with Crippen molar-refractivity contribution >= 4 is 6.29 Å². The van der Waals surface area contributed by atoms with Gasteiger partial charge in [0.05, 0.1) is 6.42 Å². The van der Waals surface area contributed by atoms with Gasteiger partial charge in [-0.05, 0) is 6.42 Å². The number of hydrogen-bond acceptors (Lipinski definition) is 3. The first-order valence-corrected chi connectivity index (χ1v) is 3.43. The molecule has 0 fully saturated rings. The standard InChI is InChI=1S/C7H14O3/c1-3-6-10-7(9-2)4-5-8/h5,7H,3-4,6H2,1-2H3. The Hall–Kier alpha value is -0.410. The summed E-state index contributed by atoms with van der Waals surface area (Å²) >= 11 is 0. The van der Waals surface area contributed by atoms with Crippen LogP contribution in [-0.4, -0.2) is 26.3 Å². The summed E-state index contributed by atoms with van der Waals surface area (Å²) in [6.45, 7) is 2.65. The van der Waals surface area contributed by atoms with Gasteiger partial charge in [0.25, 0.3) is 0 Å². The summed E-state index contributed by atoms with van der Waals surface area (Å²) in [5.74, 6) is 0. The smallest absolute Gasteiger partial charge is 0.163 e. The molecular formula is C7H14O3. The molecule has 0 spiro atoms. The van der Waals surface area contributed by atoms with E-state index in [0.717, 1.165) is 12.7 Å². The SMILES string of the molecule is CCCOC(CC=O)OC. The van der Waals surface area contributed by atoms with Crippen molar-refractivity contribution in [1.82, 2.24) is 0 Å². The molecule has 0 aliphatic rings. The zero-order chi connectivity index (χ0) is 7.82. The number of carbonyl (C=O) groups excluding carboxylic acids is 1. The second-order valence-electron chi connectivity index (χ2n) is 1.94. The maximum atomic E-state index is 9.98. The molecule has 0 aliphatic heterocycles. The topological polar surface area (TPSA) is 35.5 Å². The van der Waals surface area contributed by atoms with Crippen molar-refractivity contribution in [1.29, 1.82) is 0 Å². The fraction of sp³-hybridized carbons (Fsp3) is 0.857. The molecule has 10 heavy (non-hydrogen) atoms. The van der Waals surface area contributed by atoms with E-state index in [1.807, 2.05) is 6.92 Å². The van der Waals surface area contributed by atoms with Crippen LogP contribution in [-0.2, 0) is 14.3 Å². The van der Waals surface area contributed by atoms with Gasteiger partial charge in [-0.1, -0.05) is 6.92 Å². The van der Waals surface area contributed by atoms with Crippen molar-refractivity contribution in [3.63, 3.8) is 0 Å². The number of carbonyl (C=O) groups is 1. The number of methoxy groups -OCH3 is 1. The van der Waals surface area contributed by atoms with E-state index in [4.69, 9.17) is 9.47 Å². The Balaban J connectivity index is 3.29. The summed E-state index contributed by atoms with van der Waals surface area (Å²) < 4.78 is 9.97. The fourth-order valence-corrected chi connectivity index (χ4v) is 0.560. The first kappa shape index (κ1) is 9.59. The predicted molar refractivity (Wildman–Crippen MR) is 37.7 cm³/mol. The average molecular weight is 146 g/mol. The van der Waals surface area contributed by atoms with E-state index in [0.29, 0.717) is 13.0 Å². The normalized spacial score (nSPS) is 13.0. The Labute approximate surface area is 61.3 Å². The van der Waals surface area contributed by atoms with E-state index in [1.54, 1.807) is 0 Å². The largest absolute Gasteiger partial charge is 0.355 e. The third-order valence-electron chi connectivity index (χ3n) is 1.06. The molecule has 60 valence electrons. The lowest BCUT2D eigenvalue weighted by Crippen LogP contribution is -2.16. The Kier molecular flexibility index (Phi) is 6.43. The summed E-state index contributed by atoms with van der Waals surface area (Å²) in [4.78, 5) is 9.98. The minimum Gasteiger partial charge on any atom is -0.355 e. The molecule has 0 heterocycles. The van der Waals surface area contributed by atoms with Crippen molar-refractivity contribution in [2.75, 3.05) is 13.7 Å². The van der Waals surface area contributed by atoms with Gasteiger partial charge in [0.1, 0.15) is 6.29 Å². The van der Waals surface area contributed by atoms with E-state index >= 15 is 0 Å². The van der Waals surface area contributed by atoms with Crippen LogP contribution in [0.15, 0.2) is 0 Å². The van der Waals surface area contributed by atoms with Crippen LogP contribution < -0.4 is 0 Å². The summed E-state index contributed by atoms with van der Waals surface area (Å²) in [6.07, 6.45) is 1.71. The predicted octanol–water partition coefficient (Wildman–Crippen LogP) is 0.975. The summed E-state index contributed by atoms with van der Waals surface area (Å²) in [5, 5.41) is 0. The number of rotatable bonds is 6. The Morgan fingerprint density at radius 1 is 1.60 bits per heavy atom. The molecule has 1 atom stereocenters. The van der Waals surface area contributed by atoms with Gasteiger partial charge < -0.3 is 14.3 Å². The number of aldehydes is 1. The summed E-state index contributed by atoms with van der Waals surface area (Å²) in [6, 6.07) is 0. The van der Waals surface area contributed by atoms with Crippen LogP contribution in [0.4, 0.5) is 0 Å². The van der Waals surface area contributed by atoms with Crippen LogP contribution in [0, 0.1) is 0 Å². The van der Waals surface area contributed by atoms with Crippen molar-refractivity contribution in [3.05, 3.63) is 0 Å². The van der Waals surface area contributed by atoms with Crippen LogP contribution in [0.5, 0.6) is 0 Å². The Morgan fingerprint density at radius 3 is 2.70 bits per heavy atom. The number of ether oxygens (including phenoxy) is 2. The third-order valence-corrected chi connectivity index (χ3v) is 1.06. The van der Waals surface area contributed by atoms with Crippen molar-refractivity contribution in [2.45, 2.75) is 26.1 Å². The highest BCUT2D eigenvalue weighted by Gasteiger charge is 2.03. The molecule has 0 saturated carbocycles. The van der Waals surface area contributed by atoms with Gasteiger partial charge in [-0.15, -0.1) is 0 Å². The highest BCUT2D eigenvalue weighted by molar-refractivity contribution is 5.49. The molecule has 1 unspecified atom stereocenters. The molecule has 0 amide bonds. The van der Waals surface area contributed by atoms with Gasteiger partial charge in [-0.2, -0.15) is 0 Å². The zero-order valence-electron chi connectivity index (χ0n) is 6.50. The Bertz CT molecular complexity index is 82.9. The van der Waals surface area contributed by atoms with Crippen LogP contribution >= 0.6 is 0 Å². The lowest BCUT2D eigenvalue weighted by Gasteiger charge is -2.11. The zero-order valence-corrected chi connectivity index (χ0v) is 6.50. The maximum Gasteiger partial charge on any atom is 0.163 e. The molecule has 0 radical (unpaired) electrons. The molecule has 0 aliphatic carbocycles. The van der Waals surface area contributed by atoms with Gasteiger partial charge in [0, 0.05) is 13.7 Å². The van der Waals surface area contributed by atoms with E-state index in [2.05, 4.69) is 0 Å². The summed E-state index contributed by atoms with van der Waals surface area (Å²) in [7, 11) is 1.53. The maximum absolute atomic E-state index is 9.98.